The van der Waals surface area contributed by atoms with E-state index in [-0.39, 0.29) is 0 Å². The van der Waals surface area contributed by atoms with Crippen LogP contribution in [0.1, 0.15) is 13.8 Å². The molecular formula is C12H15NO3. The molecular weight excluding hydrogens is 206 g/mol. The third-order valence-electron chi connectivity index (χ3n) is 2.12. The minimum atomic E-state index is 0.638. The van der Waals surface area contributed by atoms with Crippen LogP contribution in [-0.4, -0.2) is 18.4 Å². The average Bonchev–Trinajstić information content (AvgIpc) is 2.67. The first kappa shape index (κ1) is 10.8. The summed E-state index contributed by atoms with van der Waals surface area (Å²) in [4.78, 5) is 10.8. The van der Waals surface area contributed by atoms with Crippen molar-refractivity contribution >= 4 is 0 Å². The first-order chi connectivity index (χ1) is 7.78. The molecule has 0 fully saturated rings. The molecule has 86 valence electrons. The summed E-state index contributed by atoms with van der Waals surface area (Å²) in [6, 6.07) is 7.44. The van der Waals surface area contributed by atoms with Crippen molar-refractivity contribution in [1.29, 1.82) is 0 Å². The van der Waals surface area contributed by atoms with E-state index in [1.165, 1.54) is 5.23 Å². The number of ether oxygens (including phenoxy) is 1. The molecule has 0 unspecified atom stereocenters. The van der Waals surface area contributed by atoms with Gasteiger partial charge in [-0.1, -0.05) is 0 Å². The fraction of sp³-hybridized carbons (Fsp3) is 0.333. The Hall–Kier alpha value is -1.68. The van der Waals surface area contributed by atoms with Crippen molar-refractivity contribution < 1.29 is 14.4 Å². The van der Waals surface area contributed by atoms with Gasteiger partial charge < -0.3 is 14.4 Å². The molecule has 1 aliphatic rings. The molecule has 2 rings (SSSR count). The molecule has 0 saturated heterocycles. The van der Waals surface area contributed by atoms with Crippen molar-refractivity contribution in [2.75, 3.05) is 13.2 Å². The highest BCUT2D eigenvalue weighted by Gasteiger charge is 2.14. The SMILES string of the molecule is CCOc1ccc(ON2CC=C(C)O2)cc1. The molecule has 1 heterocycles. The minimum Gasteiger partial charge on any atom is -0.494 e. The van der Waals surface area contributed by atoms with Gasteiger partial charge in [0.15, 0.2) is 5.75 Å². The fourth-order valence-corrected chi connectivity index (χ4v) is 1.38. The number of allylic oxidation sites excluding steroid dienone is 1. The summed E-state index contributed by atoms with van der Waals surface area (Å²) in [6.07, 6.45) is 1.95. The molecule has 4 heteroatoms. The van der Waals surface area contributed by atoms with Gasteiger partial charge in [-0.2, -0.15) is 0 Å². The molecule has 0 bridgehead atoms. The van der Waals surface area contributed by atoms with Gasteiger partial charge in [-0.25, -0.2) is 0 Å². The van der Waals surface area contributed by atoms with E-state index in [0.717, 1.165) is 17.3 Å². The van der Waals surface area contributed by atoms with Crippen molar-refractivity contribution in [3.8, 4) is 11.5 Å². The van der Waals surface area contributed by atoms with Gasteiger partial charge in [0.2, 0.25) is 0 Å². The number of hydrogen-bond donors (Lipinski definition) is 0. The van der Waals surface area contributed by atoms with Gasteiger partial charge in [-0.05, 0) is 44.2 Å². The van der Waals surface area contributed by atoms with Crippen LogP contribution in [-0.2, 0) is 4.84 Å². The Bertz CT molecular complexity index is 372. The highest BCUT2D eigenvalue weighted by molar-refractivity contribution is 5.31. The molecule has 0 saturated carbocycles. The molecule has 0 aliphatic carbocycles. The molecule has 0 N–H and O–H groups in total. The van der Waals surface area contributed by atoms with E-state index in [4.69, 9.17) is 14.4 Å². The van der Waals surface area contributed by atoms with Crippen LogP contribution >= 0.6 is 0 Å². The zero-order chi connectivity index (χ0) is 11.4. The number of nitrogens with zero attached hydrogens (tertiary/aromatic N) is 1. The Kier molecular flexibility index (Phi) is 3.31. The molecule has 16 heavy (non-hydrogen) atoms. The molecule has 1 aromatic rings. The zero-order valence-electron chi connectivity index (χ0n) is 9.47. The second kappa shape index (κ2) is 4.90. The minimum absolute atomic E-state index is 0.638. The second-order valence-electron chi connectivity index (χ2n) is 3.42. The van der Waals surface area contributed by atoms with E-state index in [0.29, 0.717) is 13.2 Å². The van der Waals surface area contributed by atoms with Crippen LogP contribution in [0.25, 0.3) is 0 Å². The molecule has 0 radical (unpaired) electrons. The quantitative estimate of drug-likeness (QED) is 0.781. The lowest BCUT2D eigenvalue weighted by atomic mass is 10.3. The Morgan fingerprint density at radius 3 is 2.50 bits per heavy atom. The number of hydroxylamine groups is 2. The Labute approximate surface area is 94.9 Å². The average molecular weight is 221 g/mol. The smallest absolute Gasteiger partial charge is 0.151 e. The monoisotopic (exact) mass is 221 g/mol. The molecule has 4 nitrogen and oxygen atoms in total. The van der Waals surface area contributed by atoms with Crippen molar-refractivity contribution in [2.24, 2.45) is 0 Å². The van der Waals surface area contributed by atoms with Crippen LogP contribution in [0.5, 0.6) is 11.5 Å². The topological polar surface area (TPSA) is 30.9 Å². The highest BCUT2D eigenvalue weighted by Crippen LogP contribution is 2.20. The summed E-state index contributed by atoms with van der Waals surface area (Å²) in [5.41, 5.74) is 0. The van der Waals surface area contributed by atoms with Gasteiger partial charge in [0, 0.05) is 5.23 Å². The normalized spacial score (nSPS) is 15.5. The summed E-state index contributed by atoms with van der Waals surface area (Å²) in [5, 5.41) is 1.44. The highest BCUT2D eigenvalue weighted by atomic mass is 17.0. The van der Waals surface area contributed by atoms with Gasteiger partial charge >= 0.3 is 0 Å². The maximum atomic E-state index is 5.48. The van der Waals surface area contributed by atoms with Crippen molar-refractivity contribution in [2.45, 2.75) is 13.8 Å². The maximum Gasteiger partial charge on any atom is 0.151 e. The van der Waals surface area contributed by atoms with Crippen LogP contribution in [0.15, 0.2) is 36.1 Å². The van der Waals surface area contributed by atoms with E-state index in [9.17, 15) is 0 Å². The molecule has 1 aliphatic heterocycles. The summed E-state index contributed by atoms with van der Waals surface area (Å²) in [6.45, 7) is 5.15. The van der Waals surface area contributed by atoms with Crippen LogP contribution in [0.3, 0.4) is 0 Å². The first-order valence-corrected chi connectivity index (χ1v) is 5.31. The standard InChI is InChI=1S/C12H15NO3/c1-3-14-11-4-6-12(7-5-11)16-13-9-8-10(2)15-13/h4-8H,3,9H2,1-2H3. The van der Waals surface area contributed by atoms with Gasteiger partial charge in [0.05, 0.1) is 13.2 Å². The fourth-order valence-electron chi connectivity index (χ4n) is 1.38. The van der Waals surface area contributed by atoms with Crippen LogP contribution in [0, 0.1) is 0 Å². The Balaban J connectivity index is 1.90. The summed E-state index contributed by atoms with van der Waals surface area (Å²) in [7, 11) is 0. The largest absolute Gasteiger partial charge is 0.494 e. The van der Waals surface area contributed by atoms with E-state index in [1.807, 2.05) is 44.2 Å². The zero-order valence-corrected chi connectivity index (χ0v) is 9.47. The third kappa shape index (κ3) is 2.67. The Morgan fingerprint density at radius 1 is 1.25 bits per heavy atom. The second-order valence-corrected chi connectivity index (χ2v) is 3.42. The number of benzene rings is 1. The molecule has 0 amide bonds. The lowest BCUT2D eigenvalue weighted by molar-refractivity contribution is -0.274. The molecule has 1 aromatic carbocycles. The molecule has 0 atom stereocenters. The van der Waals surface area contributed by atoms with Gasteiger partial charge in [-0.3, -0.25) is 0 Å². The van der Waals surface area contributed by atoms with Gasteiger partial charge in [0.25, 0.3) is 0 Å². The predicted molar refractivity (Wildman–Crippen MR) is 59.8 cm³/mol. The molecule has 0 spiro atoms. The third-order valence-corrected chi connectivity index (χ3v) is 2.12. The van der Waals surface area contributed by atoms with E-state index < -0.39 is 0 Å². The van der Waals surface area contributed by atoms with E-state index in [2.05, 4.69) is 0 Å². The van der Waals surface area contributed by atoms with Crippen LogP contribution in [0.2, 0.25) is 0 Å². The Morgan fingerprint density at radius 2 is 1.94 bits per heavy atom. The predicted octanol–water partition coefficient (Wildman–Crippen LogP) is 2.53. The summed E-state index contributed by atoms with van der Waals surface area (Å²) < 4.78 is 5.34. The van der Waals surface area contributed by atoms with E-state index >= 15 is 0 Å². The lowest BCUT2D eigenvalue weighted by Gasteiger charge is -2.15. The molecule has 0 aromatic heterocycles. The number of hydrogen-bond acceptors (Lipinski definition) is 4. The maximum absolute atomic E-state index is 5.48. The summed E-state index contributed by atoms with van der Waals surface area (Å²) >= 11 is 0. The van der Waals surface area contributed by atoms with Crippen molar-refractivity contribution in [3.05, 3.63) is 36.1 Å². The van der Waals surface area contributed by atoms with Crippen molar-refractivity contribution in [3.63, 3.8) is 0 Å². The summed E-state index contributed by atoms with van der Waals surface area (Å²) in [5.74, 6) is 2.42. The first-order valence-electron chi connectivity index (χ1n) is 5.31. The van der Waals surface area contributed by atoms with Crippen LogP contribution < -0.4 is 9.57 Å². The van der Waals surface area contributed by atoms with Gasteiger partial charge in [-0.15, -0.1) is 0 Å². The van der Waals surface area contributed by atoms with Gasteiger partial charge in [0.1, 0.15) is 11.5 Å². The number of rotatable bonds is 4. The lowest BCUT2D eigenvalue weighted by Crippen LogP contribution is -2.22. The van der Waals surface area contributed by atoms with E-state index in [1.54, 1.807) is 0 Å². The van der Waals surface area contributed by atoms with Crippen molar-refractivity contribution in [1.82, 2.24) is 5.23 Å². The van der Waals surface area contributed by atoms with Crippen LogP contribution in [0.4, 0.5) is 0 Å².